The van der Waals surface area contributed by atoms with Gasteiger partial charge < -0.3 is 20.2 Å². The van der Waals surface area contributed by atoms with Crippen molar-refractivity contribution >= 4 is 33.8 Å². The van der Waals surface area contributed by atoms with E-state index < -0.39 is 11.8 Å². The van der Waals surface area contributed by atoms with Gasteiger partial charge in [0.2, 0.25) is 0 Å². The number of furan rings is 1. The first-order valence-corrected chi connectivity index (χ1v) is 9.69. The van der Waals surface area contributed by atoms with E-state index in [9.17, 15) is 9.59 Å². The number of halogens is 1. The van der Waals surface area contributed by atoms with Crippen molar-refractivity contribution in [2.45, 2.75) is 0 Å². The molecule has 0 saturated carbocycles. The summed E-state index contributed by atoms with van der Waals surface area (Å²) in [7, 11) is 0. The summed E-state index contributed by atoms with van der Waals surface area (Å²) < 4.78 is 6.77. The van der Waals surface area contributed by atoms with Gasteiger partial charge in [0.25, 0.3) is 11.8 Å². The molecule has 29 heavy (non-hydrogen) atoms. The molecule has 1 aromatic heterocycles. The topological polar surface area (TPSA) is 91.6 Å². The smallest absolute Gasteiger partial charge is 0.268 e. The second-order valence-electron chi connectivity index (χ2n) is 6.07. The van der Waals surface area contributed by atoms with Gasteiger partial charge in [-0.3, -0.25) is 9.59 Å². The quantitative estimate of drug-likeness (QED) is 0.475. The second-order valence-corrected chi connectivity index (χ2v) is 6.98. The molecule has 1 heterocycles. The molecule has 0 unspecified atom stereocenters. The lowest BCUT2D eigenvalue weighted by Gasteiger charge is -2.10. The number of carbonyl (C=O) groups excluding carboxylic acids is 2. The SMILES string of the molecule is O=C(NCCO)/C(=C/c1ccc(-c2ccc(Br)cc2)o1)NC(=O)c1ccccc1. The summed E-state index contributed by atoms with van der Waals surface area (Å²) in [6, 6.07) is 19.7. The third-order valence-electron chi connectivity index (χ3n) is 3.97. The van der Waals surface area contributed by atoms with Gasteiger partial charge in [0.05, 0.1) is 6.61 Å². The van der Waals surface area contributed by atoms with Crippen LogP contribution in [0, 0.1) is 0 Å². The zero-order valence-corrected chi connectivity index (χ0v) is 17.0. The third kappa shape index (κ3) is 5.66. The molecule has 3 N–H and O–H groups in total. The van der Waals surface area contributed by atoms with E-state index in [1.165, 1.54) is 6.08 Å². The Bertz CT molecular complexity index is 1010. The lowest BCUT2D eigenvalue weighted by molar-refractivity contribution is -0.117. The molecular weight excluding hydrogens is 436 g/mol. The summed E-state index contributed by atoms with van der Waals surface area (Å²) in [5.41, 5.74) is 1.32. The largest absolute Gasteiger partial charge is 0.457 e. The lowest BCUT2D eigenvalue weighted by atomic mass is 10.2. The number of carbonyl (C=O) groups is 2. The van der Waals surface area contributed by atoms with E-state index in [0.717, 1.165) is 10.0 Å². The van der Waals surface area contributed by atoms with Crippen LogP contribution in [0.25, 0.3) is 17.4 Å². The molecule has 0 saturated heterocycles. The first kappa shape index (κ1) is 20.6. The van der Waals surface area contributed by atoms with Crippen LogP contribution in [0.3, 0.4) is 0 Å². The molecule has 2 amide bonds. The van der Waals surface area contributed by atoms with Gasteiger partial charge in [-0.2, -0.15) is 0 Å². The van der Waals surface area contributed by atoms with Gasteiger partial charge in [0.1, 0.15) is 17.2 Å². The van der Waals surface area contributed by atoms with Gasteiger partial charge in [-0.15, -0.1) is 0 Å². The number of hydrogen-bond donors (Lipinski definition) is 3. The zero-order chi connectivity index (χ0) is 20.6. The lowest BCUT2D eigenvalue weighted by Crippen LogP contribution is -2.36. The van der Waals surface area contributed by atoms with E-state index >= 15 is 0 Å². The predicted octanol–water partition coefficient (Wildman–Crippen LogP) is 3.59. The minimum Gasteiger partial charge on any atom is -0.457 e. The summed E-state index contributed by atoms with van der Waals surface area (Å²) in [6.07, 6.45) is 1.45. The Kier molecular flexibility index (Phi) is 6.99. The fourth-order valence-corrected chi connectivity index (χ4v) is 2.81. The Morgan fingerprint density at radius 3 is 2.41 bits per heavy atom. The highest BCUT2D eigenvalue weighted by Gasteiger charge is 2.15. The third-order valence-corrected chi connectivity index (χ3v) is 4.50. The maximum atomic E-state index is 12.5. The van der Waals surface area contributed by atoms with Crippen LogP contribution in [-0.4, -0.2) is 30.1 Å². The highest BCUT2D eigenvalue weighted by atomic mass is 79.9. The van der Waals surface area contributed by atoms with E-state index in [2.05, 4.69) is 26.6 Å². The van der Waals surface area contributed by atoms with Crippen LogP contribution < -0.4 is 10.6 Å². The highest BCUT2D eigenvalue weighted by molar-refractivity contribution is 9.10. The van der Waals surface area contributed by atoms with Crippen LogP contribution in [0.1, 0.15) is 16.1 Å². The van der Waals surface area contributed by atoms with Gasteiger partial charge in [-0.1, -0.05) is 46.3 Å². The fraction of sp³-hybridized carbons (Fsp3) is 0.0909. The molecule has 3 aromatic rings. The number of amides is 2. The van der Waals surface area contributed by atoms with Crippen molar-refractivity contribution in [3.8, 4) is 11.3 Å². The molecule has 0 aliphatic rings. The highest BCUT2D eigenvalue weighted by Crippen LogP contribution is 2.25. The van der Waals surface area contributed by atoms with Crippen molar-refractivity contribution in [2.24, 2.45) is 0 Å². The van der Waals surface area contributed by atoms with Crippen molar-refractivity contribution in [3.63, 3.8) is 0 Å². The maximum absolute atomic E-state index is 12.5. The van der Waals surface area contributed by atoms with Crippen molar-refractivity contribution in [3.05, 3.63) is 88.2 Å². The van der Waals surface area contributed by atoms with Gasteiger partial charge >= 0.3 is 0 Å². The Balaban J connectivity index is 1.85. The number of nitrogens with one attached hydrogen (secondary N) is 2. The molecular formula is C22H19BrN2O4. The molecule has 6 nitrogen and oxygen atoms in total. The Morgan fingerprint density at radius 1 is 1.00 bits per heavy atom. The normalized spacial score (nSPS) is 11.2. The molecule has 0 spiro atoms. The minimum atomic E-state index is -0.523. The molecule has 0 bridgehead atoms. The molecule has 3 rings (SSSR count). The van der Waals surface area contributed by atoms with E-state index in [4.69, 9.17) is 9.52 Å². The van der Waals surface area contributed by atoms with E-state index in [0.29, 0.717) is 17.1 Å². The van der Waals surface area contributed by atoms with Crippen LogP contribution in [0.5, 0.6) is 0 Å². The Morgan fingerprint density at radius 2 is 1.72 bits per heavy atom. The first-order valence-electron chi connectivity index (χ1n) is 8.90. The number of aliphatic hydroxyl groups is 1. The number of hydrogen-bond acceptors (Lipinski definition) is 4. The van der Waals surface area contributed by atoms with Crippen molar-refractivity contribution in [1.29, 1.82) is 0 Å². The summed E-state index contributed by atoms with van der Waals surface area (Å²) >= 11 is 3.39. The molecule has 0 aliphatic heterocycles. The Hall–Kier alpha value is -3.16. The number of benzene rings is 2. The van der Waals surface area contributed by atoms with Gasteiger partial charge in [0.15, 0.2) is 0 Å². The fourth-order valence-electron chi connectivity index (χ4n) is 2.55. The van der Waals surface area contributed by atoms with Gasteiger partial charge in [-0.25, -0.2) is 0 Å². The molecule has 148 valence electrons. The van der Waals surface area contributed by atoms with Gasteiger partial charge in [0, 0.05) is 28.2 Å². The molecule has 0 fully saturated rings. The van der Waals surface area contributed by atoms with Crippen LogP contribution in [0.4, 0.5) is 0 Å². The standard InChI is InChI=1S/C22H19BrN2O4/c23-17-8-6-15(7-9-17)20-11-10-18(29-20)14-19(22(28)24-12-13-26)25-21(27)16-4-2-1-3-5-16/h1-11,14,26H,12-13H2,(H,24,28)(H,25,27)/b19-14-. The van der Waals surface area contributed by atoms with E-state index in [1.54, 1.807) is 42.5 Å². The molecule has 0 radical (unpaired) electrons. The van der Waals surface area contributed by atoms with Crippen molar-refractivity contribution in [2.75, 3.05) is 13.2 Å². The minimum absolute atomic E-state index is 0.0176. The first-order chi connectivity index (χ1) is 14.1. The summed E-state index contributed by atoms with van der Waals surface area (Å²) in [4.78, 5) is 24.9. The van der Waals surface area contributed by atoms with Crippen LogP contribution in [0.15, 0.2) is 81.3 Å². The summed E-state index contributed by atoms with van der Waals surface area (Å²) in [5.74, 6) is 0.0966. The van der Waals surface area contributed by atoms with Crippen molar-refractivity contribution in [1.82, 2.24) is 10.6 Å². The Labute approximate surface area is 176 Å². The summed E-state index contributed by atoms with van der Waals surface area (Å²) in [5, 5.41) is 14.1. The molecule has 2 aromatic carbocycles. The number of aliphatic hydroxyl groups excluding tert-OH is 1. The molecule has 7 heteroatoms. The van der Waals surface area contributed by atoms with Crippen LogP contribution >= 0.6 is 15.9 Å². The second kappa shape index (κ2) is 9.86. The maximum Gasteiger partial charge on any atom is 0.268 e. The average molecular weight is 455 g/mol. The van der Waals surface area contributed by atoms with E-state index in [-0.39, 0.29) is 18.8 Å². The van der Waals surface area contributed by atoms with Crippen molar-refractivity contribution < 1.29 is 19.1 Å². The number of rotatable bonds is 7. The van der Waals surface area contributed by atoms with Gasteiger partial charge in [-0.05, 0) is 36.4 Å². The molecule has 0 atom stereocenters. The van der Waals surface area contributed by atoms with Crippen LogP contribution in [-0.2, 0) is 4.79 Å². The zero-order valence-electron chi connectivity index (χ0n) is 15.4. The monoisotopic (exact) mass is 454 g/mol. The summed E-state index contributed by atoms with van der Waals surface area (Å²) in [6.45, 7) is -0.139. The molecule has 0 aliphatic carbocycles. The van der Waals surface area contributed by atoms with Crippen LogP contribution in [0.2, 0.25) is 0 Å². The average Bonchev–Trinajstić information content (AvgIpc) is 3.21. The predicted molar refractivity (Wildman–Crippen MR) is 114 cm³/mol. The van der Waals surface area contributed by atoms with E-state index in [1.807, 2.05) is 24.3 Å².